The zero-order valence-corrected chi connectivity index (χ0v) is 16.5. The number of aromatic amines is 1. The Morgan fingerprint density at radius 3 is 2.53 bits per heavy atom. The van der Waals surface area contributed by atoms with Gasteiger partial charge >= 0.3 is 6.18 Å². The second-order valence-corrected chi connectivity index (χ2v) is 7.34. The third-order valence-corrected chi connectivity index (χ3v) is 5.47. The second-order valence-electron chi connectivity index (χ2n) is 7.34. The smallest absolute Gasteiger partial charge is 0.303 e. The summed E-state index contributed by atoms with van der Waals surface area (Å²) in [5, 5.41) is 0. The molecule has 0 saturated heterocycles. The van der Waals surface area contributed by atoms with E-state index in [-0.39, 0.29) is 36.3 Å². The van der Waals surface area contributed by atoms with E-state index in [0.717, 1.165) is 11.4 Å². The zero-order chi connectivity index (χ0) is 21.6. The van der Waals surface area contributed by atoms with Gasteiger partial charge in [0.15, 0.2) is 0 Å². The Labute approximate surface area is 169 Å². The summed E-state index contributed by atoms with van der Waals surface area (Å²) in [4.78, 5) is 32.6. The van der Waals surface area contributed by atoms with Gasteiger partial charge in [-0.05, 0) is 19.1 Å². The molecule has 3 aromatic rings. The van der Waals surface area contributed by atoms with Crippen molar-refractivity contribution in [2.24, 2.45) is 7.05 Å². The summed E-state index contributed by atoms with van der Waals surface area (Å²) in [6, 6.07) is 9.24. The Hall–Kier alpha value is -3.14. The summed E-state index contributed by atoms with van der Waals surface area (Å²) >= 11 is 0. The van der Waals surface area contributed by atoms with Crippen molar-refractivity contribution >= 4 is 0 Å². The average Bonchev–Trinajstić information content (AvgIpc) is 2.91. The van der Waals surface area contributed by atoms with Crippen molar-refractivity contribution < 1.29 is 13.2 Å². The summed E-state index contributed by atoms with van der Waals surface area (Å²) in [5.74, 6) is -1.27. The highest BCUT2D eigenvalue weighted by molar-refractivity contribution is 5.33. The fourth-order valence-electron chi connectivity index (χ4n) is 3.78. The zero-order valence-electron chi connectivity index (χ0n) is 16.5. The largest absolute Gasteiger partial charge is 0.449 e. The molecule has 10 heteroatoms. The van der Waals surface area contributed by atoms with Crippen molar-refractivity contribution in [2.75, 3.05) is 6.54 Å². The molecule has 1 aliphatic heterocycles. The highest BCUT2D eigenvalue weighted by Crippen LogP contribution is 2.27. The summed E-state index contributed by atoms with van der Waals surface area (Å²) in [7, 11) is 1.80. The second kappa shape index (κ2) is 7.28. The fraction of sp³-hybridized carbons (Fsp3) is 0.350. The Morgan fingerprint density at radius 2 is 1.87 bits per heavy atom. The summed E-state index contributed by atoms with van der Waals surface area (Å²) in [6.45, 7) is 2.67. The Kier molecular flexibility index (Phi) is 4.89. The highest BCUT2D eigenvalue weighted by Gasteiger charge is 2.36. The first-order valence-electron chi connectivity index (χ1n) is 9.41. The van der Waals surface area contributed by atoms with Crippen LogP contribution in [0.25, 0.3) is 5.69 Å². The molecule has 0 spiro atoms. The first-order valence-corrected chi connectivity index (χ1v) is 9.41. The summed E-state index contributed by atoms with van der Waals surface area (Å²) in [5.41, 5.74) is 1.54. The molecule has 3 heterocycles. The van der Waals surface area contributed by atoms with Gasteiger partial charge in [-0.3, -0.25) is 19.2 Å². The van der Waals surface area contributed by atoms with Gasteiger partial charge in [0.25, 0.3) is 11.1 Å². The van der Waals surface area contributed by atoms with E-state index in [1.54, 1.807) is 16.4 Å². The van der Waals surface area contributed by atoms with Gasteiger partial charge in [0.05, 0.1) is 22.5 Å². The molecule has 0 bridgehead atoms. The maximum absolute atomic E-state index is 13.1. The first kappa shape index (κ1) is 20.1. The van der Waals surface area contributed by atoms with Crippen molar-refractivity contribution in [1.29, 1.82) is 0 Å². The van der Waals surface area contributed by atoms with Gasteiger partial charge in [-0.1, -0.05) is 18.2 Å². The molecule has 0 fully saturated rings. The lowest BCUT2D eigenvalue weighted by molar-refractivity contribution is -0.145. The van der Waals surface area contributed by atoms with Crippen molar-refractivity contribution in [3.63, 3.8) is 0 Å². The number of nitrogens with zero attached hydrogens (tertiary/aromatic N) is 4. The minimum atomic E-state index is -4.70. The van der Waals surface area contributed by atoms with Crippen LogP contribution in [0.3, 0.4) is 0 Å². The van der Waals surface area contributed by atoms with Crippen molar-refractivity contribution in [2.45, 2.75) is 32.6 Å². The van der Waals surface area contributed by atoms with Crippen molar-refractivity contribution in [3.8, 4) is 5.69 Å². The van der Waals surface area contributed by atoms with Crippen LogP contribution in [-0.4, -0.2) is 30.8 Å². The predicted molar refractivity (Wildman–Crippen MR) is 103 cm³/mol. The number of rotatable bonds is 3. The number of alkyl halides is 3. The molecule has 158 valence electrons. The van der Waals surface area contributed by atoms with Crippen molar-refractivity contribution in [3.05, 3.63) is 79.4 Å². The molecular formula is C20H20F3N5O2. The minimum absolute atomic E-state index is 0.134. The molecule has 0 saturated carbocycles. The number of hydrogen-bond acceptors (Lipinski definition) is 4. The number of H-pyrrole nitrogens is 1. The molecule has 2 aromatic heterocycles. The Balaban J connectivity index is 1.64. The highest BCUT2D eigenvalue weighted by atomic mass is 19.4. The summed E-state index contributed by atoms with van der Waals surface area (Å²) in [6.07, 6.45) is -4.49. The van der Waals surface area contributed by atoms with Crippen molar-refractivity contribution in [1.82, 2.24) is 24.2 Å². The number of para-hydroxylation sites is 1. The standard InChI is InChI=1S/C20H20F3N5O2/c1-12-14(18(30)28(26(12)2)13-6-4-3-5-7-13)10-27-9-8-16-15(11-27)17(29)25-19(24-16)20(21,22)23/h3-7H,8-11H2,1-2H3,(H,24,25,29). The van der Waals surface area contributed by atoms with Gasteiger partial charge in [-0.2, -0.15) is 13.2 Å². The Bertz CT molecular complexity index is 1210. The SMILES string of the molecule is Cc1c(CN2CCc3nc(C(F)(F)F)[nH]c(=O)c3C2)c(=O)n(-c2ccccc2)n1C. The molecular weight excluding hydrogens is 399 g/mol. The number of nitrogens with one attached hydrogen (secondary N) is 1. The number of fused-ring (bicyclic) bond motifs is 1. The third-order valence-electron chi connectivity index (χ3n) is 5.47. The average molecular weight is 419 g/mol. The third kappa shape index (κ3) is 3.47. The maximum atomic E-state index is 13.1. The van der Waals surface area contributed by atoms with E-state index in [1.165, 1.54) is 0 Å². The number of hydrogen-bond donors (Lipinski definition) is 1. The van der Waals surface area contributed by atoms with Gasteiger partial charge in [-0.25, -0.2) is 9.67 Å². The minimum Gasteiger partial charge on any atom is -0.303 e. The van der Waals surface area contributed by atoms with Crippen LogP contribution in [0.2, 0.25) is 0 Å². The van der Waals surface area contributed by atoms with Crippen LogP contribution in [0, 0.1) is 6.92 Å². The molecule has 1 aromatic carbocycles. The van der Waals surface area contributed by atoms with Gasteiger partial charge < -0.3 is 4.98 Å². The van der Waals surface area contributed by atoms with Crippen LogP contribution < -0.4 is 11.1 Å². The van der Waals surface area contributed by atoms with Crippen LogP contribution in [0.4, 0.5) is 13.2 Å². The van der Waals surface area contributed by atoms with Crippen LogP contribution in [0.15, 0.2) is 39.9 Å². The molecule has 0 amide bonds. The van der Waals surface area contributed by atoms with E-state index >= 15 is 0 Å². The molecule has 0 atom stereocenters. The molecule has 4 rings (SSSR count). The monoisotopic (exact) mass is 419 g/mol. The topological polar surface area (TPSA) is 75.9 Å². The van der Waals surface area contributed by atoms with Gasteiger partial charge in [0, 0.05) is 38.8 Å². The van der Waals surface area contributed by atoms with E-state index in [1.807, 2.05) is 47.1 Å². The molecule has 0 unspecified atom stereocenters. The van der Waals surface area contributed by atoms with Gasteiger partial charge in [-0.15, -0.1) is 0 Å². The molecule has 0 aliphatic carbocycles. The number of aromatic nitrogens is 4. The van der Waals surface area contributed by atoms with Gasteiger partial charge in [0.2, 0.25) is 5.82 Å². The van der Waals surface area contributed by atoms with E-state index in [0.29, 0.717) is 12.1 Å². The maximum Gasteiger partial charge on any atom is 0.449 e. The Morgan fingerprint density at radius 1 is 1.17 bits per heavy atom. The van der Waals surface area contributed by atoms with Crippen LogP contribution in [-0.2, 0) is 32.7 Å². The van der Waals surface area contributed by atoms with Crippen LogP contribution >= 0.6 is 0 Å². The normalized spacial score (nSPS) is 14.7. The number of halogens is 3. The lowest BCUT2D eigenvalue weighted by Crippen LogP contribution is -2.37. The van der Waals surface area contributed by atoms with E-state index < -0.39 is 17.6 Å². The fourth-order valence-corrected chi connectivity index (χ4v) is 3.78. The lowest BCUT2D eigenvalue weighted by atomic mass is 10.1. The number of benzene rings is 1. The van der Waals surface area contributed by atoms with E-state index in [4.69, 9.17) is 0 Å². The van der Waals surface area contributed by atoms with E-state index in [2.05, 4.69) is 4.98 Å². The van der Waals surface area contributed by atoms with E-state index in [9.17, 15) is 22.8 Å². The molecule has 1 N–H and O–H groups in total. The van der Waals surface area contributed by atoms with Gasteiger partial charge in [0.1, 0.15) is 0 Å². The first-order chi connectivity index (χ1) is 14.2. The quantitative estimate of drug-likeness (QED) is 0.706. The summed E-state index contributed by atoms with van der Waals surface area (Å²) < 4.78 is 42.0. The molecule has 0 radical (unpaired) electrons. The van der Waals surface area contributed by atoms with Crippen LogP contribution in [0.5, 0.6) is 0 Å². The molecule has 7 nitrogen and oxygen atoms in total. The predicted octanol–water partition coefficient (Wildman–Crippen LogP) is 2.14. The molecule has 30 heavy (non-hydrogen) atoms. The van der Waals surface area contributed by atoms with Crippen LogP contribution in [0.1, 0.15) is 28.3 Å². The lowest BCUT2D eigenvalue weighted by Gasteiger charge is -2.27. The molecule has 1 aliphatic rings.